The van der Waals surface area contributed by atoms with Gasteiger partial charge >= 0.3 is 0 Å². The van der Waals surface area contributed by atoms with E-state index in [9.17, 15) is 9.59 Å². The van der Waals surface area contributed by atoms with Crippen molar-refractivity contribution in [1.82, 2.24) is 5.32 Å². The molecule has 0 bridgehead atoms. The van der Waals surface area contributed by atoms with Gasteiger partial charge in [-0.2, -0.15) is 0 Å². The predicted molar refractivity (Wildman–Crippen MR) is 94.1 cm³/mol. The molecule has 0 atom stereocenters. The summed E-state index contributed by atoms with van der Waals surface area (Å²) in [5, 5.41) is 7.54. The van der Waals surface area contributed by atoms with Gasteiger partial charge in [-0.3, -0.25) is 14.9 Å². The van der Waals surface area contributed by atoms with Gasteiger partial charge in [-0.25, -0.2) is 0 Å². The number of hydrogen-bond acceptors (Lipinski definition) is 3. The number of anilines is 1. The minimum Gasteiger partial charge on any atom is -0.350 e. The van der Waals surface area contributed by atoms with E-state index < -0.39 is 5.91 Å². The van der Waals surface area contributed by atoms with E-state index in [-0.39, 0.29) is 11.6 Å². The number of rotatable bonds is 3. The first-order valence-corrected chi connectivity index (χ1v) is 7.63. The van der Waals surface area contributed by atoms with Crippen LogP contribution in [0.25, 0.3) is 16.3 Å². The summed E-state index contributed by atoms with van der Waals surface area (Å²) in [7, 11) is 0. The van der Waals surface area contributed by atoms with E-state index in [1.54, 1.807) is 0 Å². The average Bonchev–Trinajstić information content (AvgIpc) is 2.89. The highest BCUT2D eigenvalue weighted by molar-refractivity contribution is 6.36. The van der Waals surface area contributed by atoms with Crippen LogP contribution in [0.3, 0.4) is 0 Å². The molecule has 0 spiro atoms. The van der Waals surface area contributed by atoms with Gasteiger partial charge in [0.1, 0.15) is 5.70 Å². The van der Waals surface area contributed by atoms with Gasteiger partial charge < -0.3 is 5.32 Å². The highest BCUT2D eigenvalue weighted by Crippen LogP contribution is 2.28. The Morgan fingerprint density at radius 1 is 0.708 bits per heavy atom. The van der Waals surface area contributed by atoms with E-state index in [1.165, 1.54) is 0 Å². The van der Waals surface area contributed by atoms with Crippen LogP contribution in [0, 0.1) is 0 Å². The normalized spacial score (nSPS) is 14.2. The zero-order chi connectivity index (χ0) is 16.5. The Hall–Kier alpha value is -3.40. The minimum atomic E-state index is -0.410. The maximum absolute atomic E-state index is 12.3. The zero-order valence-electron chi connectivity index (χ0n) is 12.7. The van der Waals surface area contributed by atoms with Crippen molar-refractivity contribution in [2.75, 3.05) is 5.32 Å². The maximum Gasteiger partial charge on any atom is 0.275 e. The van der Waals surface area contributed by atoms with Crippen LogP contribution in [0.15, 0.2) is 78.5 Å². The van der Waals surface area contributed by atoms with Crippen molar-refractivity contribution in [1.29, 1.82) is 0 Å². The quantitative estimate of drug-likeness (QED) is 0.729. The fourth-order valence-corrected chi connectivity index (χ4v) is 2.86. The molecule has 3 aromatic rings. The zero-order valence-corrected chi connectivity index (χ0v) is 12.7. The first kappa shape index (κ1) is 14.2. The Bertz CT molecular complexity index is 991. The summed E-state index contributed by atoms with van der Waals surface area (Å²) in [4.78, 5) is 24.5. The first-order valence-electron chi connectivity index (χ1n) is 7.63. The lowest BCUT2D eigenvalue weighted by Crippen LogP contribution is -2.24. The molecule has 0 fully saturated rings. The number of para-hydroxylation sites is 1. The van der Waals surface area contributed by atoms with Gasteiger partial charge in [0, 0.05) is 5.69 Å². The van der Waals surface area contributed by atoms with E-state index in [0.29, 0.717) is 5.57 Å². The van der Waals surface area contributed by atoms with Crippen LogP contribution in [0.4, 0.5) is 5.69 Å². The molecule has 1 heterocycles. The molecule has 0 unspecified atom stereocenters. The molecule has 0 aliphatic carbocycles. The molecule has 116 valence electrons. The highest BCUT2D eigenvalue weighted by atomic mass is 16.2. The molecular weight excluding hydrogens is 300 g/mol. The number of hydrogen-bond donors (Lipinski definition) is 2. The third kappa shape index (κ3) is 2.44. The molecule has 4 nitrogen and oxygen atoms in total. The van der Waals surface area contributed by atoms with Crippen molar-refractivity contribution in [3.63, 3.8) is 0 Å². The number of fused-ring (bicyclic) bond motifs is 1. The predicted octanol–water partition coefficient (Wildman–Crippen LogP) is 3.32. The van der Waals surface area contributed by atoms with Crippen LogP contribution >= 0.6 is 0 Å². The van der Waals surface area contributed by atoms with Crippen molar-refractivity contribution in [3.05, 3.63) is 84.1 Å². The minimum absolute atomic E-state index is 0.279. The second-order valence-electron chi connectivity index (χ2n) is 5.59. The van der Waals surface area contributed by atoms with Crippen LogP contribution in [0.5, 0.6) is 0 Å². The van der Waals surface area contributed by atoms with Crippen LogP contribution in [-0.4, -0.2) is 11.8 Å². The summed E-state index contributed by atoms with van der Waals surface area (Å²) in [5.74, 6) is -0.791. The highest BCUT2D eigenvalue weighted by Gasteiger charge is 2.31. The fraction of sp³-hybridized carbons (Fsp3) is 0. The maximum atomic E-state index is 12.3. The second kappa shape index (κ2) is 5.66. The van der Waals surface area contributed by atoms with Gasteiger partial charge in [0.15, 0.2) is 0 Å². The molecule has 1 aliphatic rings. The summed E-state index contributed by atoms with van der Waals surface area (Å²) < 4.78 is 0. The summed E-state index contributed by atoms with van der Waals surface area (Å²) >= 11 is 0. The van der Waals surface area contributed by atoms with Crippen molar-refractivity contribution in [2.45, 2.75) is 0 Å². The lowest BCUT2D eigenvalue weighted by atomic mass is 10.0. The first-order chi connectivity index (χ1) is 11.7. The van der Waals surface area contributed by atoms with E-state index in [0.717, 1.165) is 22.0 Å². The van der Waals surface area contributed by atoms with Gasteiger partial charge in [-0.1, -0.05) is 54.6 Å². The van der Waals surface area contributed by atoms with Gasteiger partial charge in [0.25, 0.3) is 11.8 Å². The molecule has 1 aliphatic heterocycles. The fourth-order valence-electron chi connectivity index (χ4n) is 2.86. The summed E-state index contributed by atoms with van der Waals surface area (Å²) in [5.41, 5.74) is 2.13. The van der Waals surface area contributed by atoms with Gasteiger partial charge in [0.2, 0.25) is 0 Å². The second-order valence-corrected chi connectivity index (χ2v) is 5.59. The number of imide groups is 1. The Morgan fingerprint density at radius 2 is 1.42 bits per heavy atom. The third-order valence-electron chi connectivity index (χ3n) is 4.01. The van der Waals surface area contributed by atoms with Gasteiger partial charge in [0.05, 0.1) is 5.57 Å². The van der Waals surface area contributed by atoms with Crippen molar-refractivity contribution < 1.29 is 9.59 Å². The van der Waals surface area contributed by atoms with Crippen LogP contribution in [0.1, 0.15) is 5.56 Å². The monoisotopic (exact) mass is 314 g/mol. The van der Waals surface area contributed by atoms with Crippen molar-refractivity contribution >= 4 is 33.8 Å². The molecule has 4 rings (SSSR count). The number of nitrogens with one attached hydrogen (secondary N) is 2. The van der Waals surface area contributed by atoms with Gasteiger partial charge in [-0.05, 0) is 34.5 Å². The Morgan fingerprint density at radius 3 is 2.21 bits per heavy atom. The number of amides is 2. The molecule has 24 heavy (non-hydrogen) atoms. The Balaban J connectivity index is 1.84. The number of carbonyl (C=O) groups is 2. The Kier molecular flexibility index (Phi) is 3.35. The molecule has 2 amide bonds. The molecule has 0 saturated heterocycles. The molecule has 4 heteroatoms. The van der Waals surface area contributed by atoms with Gasteiger partial charge in [-0.15, -0.1) is 0 Å². The number of benzene rings is 3. The molecule has 0 radical (unpaired) electrons. The molecule has 0 aromatic heterocycles. The van der Waals surface area contributed by atoms with E-state index >= 15 is 0 Å². The smallest absolute Gasteiger partial charge is 0.275 e. The molecule has 0 saturated carbocycles. The lowest BCUT2D eigenvalue weighted by molar-refractivity contribution is -0.123. The SMILES string of the molecule is O=C1NC(=O)C(c2ccc3ccccc3c2)=C1Nc1ccccc1. The molecule has 3 aromatic carbocycles. The van der Waals surface area contributed by atoms with Crippen molar-refractivity contribution in [2.24, 2.45) is 0 Å². The summed E-state index contributed by atoms with van der Waals surface area (Å²) in [6.07, 6.45) is 0. The van der Waals surface area contributed by atoms with E-state index in [4.69, 9.17) is 0 Å². The van der Waals surface area contributed by atoms with E-state index in [1.807, 2.05) is 72.8 Å². The Labute approximate surface area is 138 Å². The largest absolute Gasteiger partial charge is 0.350 e. The summed E-state index contributed by atoms with van der Waals surface area (Å²) in [6, 6.07) is 23.0. The van der Waals surface area contributed by atoms with E-state index in [2.05, 4.69) is 10.6 Å². The topological polar surface area (TPSA) is 58.2 Å². The molecular formula is C20H14N2O2. The standard InChI is InChI=1S/C20H14N2O2/c23-19-17(15-11-10-13-6-4-5-7-14(13)12-15)18(20(24)22-19)21-16-8-2-1-3-9-16/h1-12H,(H2,21,22,23,24). The van der Waals surface area contributed by atoms with Crippen LogP contribution in [0.2, 0.25) is 0 Å². The third-order valence-corrected chi connectivity index (χ3v) is 4.01. The molecule has 2 N–H and O–H groups in total. The average molecular weight is 314 g/mol. The van der Waals surface area contributed by atoms with Crippen molar-refractivity contribution in [3.8, 4) is 0 Å². The summed E-state index contributed by atoms with van der Waals surface area (Å²) in [6.45, 7) is 0. The van der Waals surface area contributed by atoms with Crippen LogP contribution < -0.4 is 10.6 Å². The lowest BCUT2D eigenvalue weighted by Gasteiger charge is -2.08. The number of carbonyl (C=O) groups excluding carboxylic acids is 2. The van der Waals surface area contributed by atoms with Crippen LogP contribution in [-0.2, 0) is 9.59 Å².